The van der Waals surface area contributed by atoms with Crippen molar-refractivity contribution in [1.29, 1.82) is 0 Å². The van der Waals surface area contributed by atoms with Crippen molar-refractivity contribution in [3.8, 4) is 0 Å². The first-order valence-electron chi connectivity index (χ1n) is 8.18. The predicted molar refractivity (Wildman–Crippen MR) is 82.3 cm³/mol. The molecule has 1 aromatic rings. The van der Waals surface area contributed by atoms with Crippen molar-refractivity contribution < 1.29 is 4.79 Å². The Bertz CT molecular complexity index is 569. The van der Waals surface area contributed by atoms with Gasteiger partial charge in [-0.2, -0.15) is 5.10 Å². The highest BCUT2D eigenvalue weighted by Crippen LogP contribution is 2.60. The number of nitrogens with zero attached hydrogens (tertiary/aromatic N) is 2. The molecule has 0 atom stereocenters. The second kappa shape index (κ2) is 4.58. The molecule has 0 aromatic carbocycles. The summed E-state index contributed by atoms with van der Waals surface area (Å²) in [5, 5.41) is 5.02. The van der Waals surface area contributed by atoms with Crippen LogP contribution in [0.2, 0.25) is 5.02 Å². The number of aromatic nitrogens is 2. The topological polar surface area (TPSA) is 34.9 Å². The van der Waals surface area contributed by atoms with E-state index in [4.69, 9.17) is 11.6 Å². The van der Waals surface area contributed by atoms with E-state index in [-0.39, 0.29) is 5.41 Å². The van der Waals surface area contributed by atoms with Crippen LogP contribution in [0.5, 0.6) is 0 Å². The van der Waals surface area contributed by atoms with Crippen molar-refractivity contribution in [1.82, 2.24) is 9.78 Å². The van der Waals surface area contributed by atoms with Crippen molar-refractivity contribution in [3.05, 3.63) is 16.4 Å². The number of hydrogen-bond acceptors (Lipinski definition) is 2. The van der Waals surface area contributed by atoms with Crippen LogP contribution in [-0.4, -0.2) is 15.6 Å². The molecule has 4 fully saturated rings. The van der Waals surface area contributed by atoms with E-state index in [1.807, 2.05) is 14.0 Å². The van der Waals surface area contributed by atoms with Crippen molar-refractivity contribution in [2.45, 2.75) is 51.9 Å². The molecule has 0 unspecified atom stereocenters. The van der Waals surface area contributed by atoms with E-state index in [0.717, 1.165) is 48.4 Å². The minimum absolute atomic E-state index is 0.0315. The van der Waals surface area contributed by atoms with Crippen molar-refractivity contribution >= 4 is 17.4 Å². The molecule has 1 aromatic heterocycles. The molecular weight excluding hydrogens is 284 g/mol. The Morgan fingerprint density at radius 2 is 1.76 bits per heavy atom. The van der Waals surface area contributed by atoms with Crippen LogP contribution in [0.15, 0.2) is 0 Å². The van der Waals surface area contributed by atoms with Gasteiger partial charge in [0, 0.05) is 12.5 Å². The zero-order valence-electron chi connectivity index (χ0n) is 12.9. The largest absolute Gasteiger partial charge is 0.299 e. The highest BCUT2D eigenvalue weighted by molar-refractivity contribution is 6.32. The van der Waals surface area contributed by atoms with Gasteiger partial charge in [0.05, 0.1) is 22.8 Å². The molecule has 114 valence electrons. The summed E-state index contributed by atoms with van der Waals surface area (Å²) in [4.78, 5) is 13.1. The summed E-state index contributed by atoms with van der Waals surface area (Å²) in [6.45, 7) is 1.90. The summed E-state index contributed by atoms with van der Waals surface area (Å²) in [5.74, 6) is 2.85. The van der Waals surface area contributed by atoms with Gasteiger partial charge < -0.3 is 0 Å². The maximum atomic E-state index is 13.1. The molecule has 1 heterocycles. The van der Waals surface area contributed by atoms with Crippen LogP contribution in [-0.2, 0) is 18.3 Å². The molecular formula is C17H23ClN2O. The Kier molecular flexibility index (Phi) is 3.01. The van der Waals surface area contributed by atoms with E-state index in [1.165, 1.54) is 19.3 Å². The van der Waals surface area contributed by atoms with Gasteiger partial charge in [-0.3, -0.25) is 9.48 Å². The zero-order chi connectivity index (χ0) is 14.8. The zero-order valence-corrected chi connectivity index (χ0v) is 13.6. The summed E-state index contributed by atoms with van der Waals surface area (Å²) in [5.41, 5.74) is 1.69. The first kappa shape index (κ1) is 13.8. The standard InChI is InChI=1S/C17H23ClN2O/c1-10-16(18)14(20(2)19-10)6-15(21)17-7-11-3-12(8-17)5-13(4-11)9-17/h11-13H,3-9H2,1-2H3. The summed E-state index contributed by atoms with van der Waals surface area (Å²) < 4.78 is 1.79. The van der Waals surface area contributed by atoms with Crippen LogP contribution in [0.1, 0.15) is 49.9 Å². The minimum Gasteiger partial charge on any atom is -0.299 e. The number of carbonyl (C=O) groups is 1. The van der Waals surface area contributed by atoms with Gasteiger partial charge in [0.25, 0.3) is 0 Å². The lowest BCUT2D eigenvalue weighted by atomic mass is 9.48. The molecule has 3 nitrogen and oxygen atoms in total. The molecule has 4 saturated carbocycles. The van der Waals surface area contributed by atoms with Crippen LogP contribution in [0.3, 0.4) is 0 Å². The Morgan fingerprint density at radius 1 is 1.24 bits per heavy atom. The summed E-state index contributed by atoms with van der Waals surface area (Å²) in [6.07, 6.45) is 7.97. The lowest BCUT2D eigenvalue weighted by Crippen LogP contribution is -2.50. The van der Waals surface area contributed by atoms with E-state index >= 15 is 0 Å². The monoisotopic (exact) mass is 306 g/mol. The Balaban J connectivity index is 1.60. The molecule has 5 rings (SSSR count). The number of ketones is 1. The lowest BCUT2D eigenvalue weighted by Gasteiger charge is -2.56. The van der Waals surface area contributed by atoms with Gasteiger partial charge in [0.1, 0.15) is 5.78 Å². The van der Waals surface area contributed by atoms with Gasteiger partial charge in [-0.05, 0) is 63.2 Å². The third-order valence-corrected chi connectivity index (χ3v) is 6.71. The number of hydrogen-bond donors (Lipinski definition) is 0. The lowest BCUT2D eigenvalue weighted by molar-refractivity contribution is -0.143. The fourth-order valence-corrected chi connectivity index (χ4v) is 5.89. The molecule has 0 saturated heterocycles. The summed E-state index contributed by atoms with van der Waals surface area (Å²) >= 11 is 6.33. The second-order valence-electron chi connectivity index (χ2n) is 7.77. The number of rotatable bonds is 3. The SMILES string of the molecule is Cc1nn(C)c(CC(=O)C23CC4CC(CC(C4)C2)C3)c1Cl. The van der Waals surface area contributed by atoms with Crippen molar-refractivity contribution in [2.24, 2.45) is 30.2 Å². The van der Waals surface area contributed by atoms with Crippen LogP contribution >= 0.6 is 11.6 Å². The highest BCUT2D eigenvalue weighted by Gasteiger charge is 2.54. The van der Waals surface area contributed by atoms with Crippen molar-refractivity contribution in [3.63, 3.8) is 0 Å². The molecule has 4 heteroatoms. The van der Waals surface area contributed by atoms with E-state index in [0.29, 0.717) is 17.2 Å². The average molecular weight is 307 g/mol. The number of Topliss-reactive ketones (excluding diaryl/α,β-unsaturated/α-hetero) is 1. The van der Waals surface area contributed by atoms with E-state index in [1.54, 1.807) is 4.68 Å². The Hall–Kier alpha value is -0.830. The smallest absolute Gasteiger partial charge is 0.145 e. The number of halogens is 1. The van der Waals surface area contributed by atoms with Crippen molar-refractivity contribution in [2.75, 3.05) is 0 Å². The molecule has 0 amide bonds. The summed E-state index contributed by atoms with van der Waals surface area (Å²) in [6, 6.07) is 0. The van der Waals surface area contributed by atoms with Crippen LogP contribution in [0, 0.1) is 30.1 Å². The molecule has 4 aliphatic carbocycles. The highest BCUT2D eigenvalue weighted by atomic mass is 35.5. The van der Waals surface area contributed by atoms with E-state index < -0.39 is 0 Å². The molecule has 0 aliphatic heterocycles. The maximum Gasteiger partial charge on any atom is 0.145 e. The van der Waals surface area contributed by atoms with Crippen LogP contribution in [0.4, 0.5) is 0 Å². The molecule has 0 N–H and O–H groups in total. The maximum absolute atomic E-state index is 13.1. The van der Waals surface area contributed by atoms with Crippen LogP contribution < -0.4 is 0 Å². The van der Waals surface area contributed by atoms with E-state index in [2.05, 4.69) is 5.10 Å². The normalized spacial score (nSPS) is 37.2. The van der Waals surface area contributed by atoms with Gasteiger partial charge in [0.2, 0.25) is 0 Å². The average Bonchev–Trinajstić information content (AvgIpc) is 2.64. The molecule has 0 spiro atoms. The fourth-order valence-electron chi connectivity index (χ4n) is 5.66. The fraction of sp³-hybridized carbons (Fsp3) is 0.765. The van der Waals surface area contributed by atoms with E-state index in [9.17, 15) is 4.79 Å². The Morgan fingerprint density at radius 3 is 2.19 bits per heavy atom. The van der Waals surface area contributed by atoms with Crippen LogP contribution in [0.25, 0.3) is 0 Å². The second-order valence-corrected chi connectivity index (χ2v) is 8.15. The van der Waals surface area contributed by atoms with Gasteiger partial charge in [-0.25, -0.2) is 0 Å². The molecule has 0 radical (unpaired) electrons. The number of carbonyl (C=O) groups excluding carboxylic acids is 1. The van der Waals surface area contributed by atoms with Gasteiger partial charge in [0.15, 0.2) is 0 Å². The third-order valence-electron chi connectivity index (χ3n) is 6.22. The predicted octanol–water partition coefficient (Wildman–Crippen LogP) is 3.71. The first-order valence-corrected chi connectivity index (χ1v) is 8.56. The molecule has 4 bridgehead atoms. The molecule has 4 aliphatic rings. The third kappa shape index (κ3) is 2.08. The van der Waals surface area contributed by atoms with Gasteiger partial charge in [-0.1, -0.05) is 11.6 Å². The summed E-state index contributed by atoms with van der Waals surface area (Å²) in [7, 11) is 1.89. The number of aryl methyl sites for hydroxylation is 2. The molecule has 21 heavy (non-hydrogen) atoms. The van der Waals surface area contributed by atoms with Gasteiger partial charge in [-0.15, -0.1) is 0 Å². The van der Waals surface area contributed by atoms with Gasteiger partial charge >= 0.3 is 0 Å². The Labute approximate surface area is 131 Å². The first-order chi connectivity index (χ1) is 9.97. The minimum atomic E-state index is -0.0315. The quantitative estimate of drug-likeness (QED) is 0.853.